The molecule has 0 aromatic rings. The van der Waals surface area contributed by atoms with E-state index in [1.807, 2.05) is 14.0 Å². The molecule has 1 saturated heterocycles. The number of sulfone groups is 1. The van der Waals surface area contributed by atoms with E-state index in [0.29, 0.717) is 24.7 Å². The molecule has 0 aromatic heterocycles. The molecule has 1 aliphatic rings. The first-order valence-electron chi connectivity index (χ1n) is 6.21. The molecule has 0 spiro atoms. The summed E-state index contributed by atoms with van der Waals surface area (Å²) in [6.45, 7) is 3.98. The maximum absolute atomic E-state index is 11.4. The van der Waals surface area contributed by atoms with Crippen molar-refractivity contribution in [2.24, 2.45) is 5.73 Å². The molecule has 102 valence electrons. The van der Waals surface area contributed by atoms with Gasteiger partial charge >= 0.3 is 0 Å². The Hall–Kier alpha value is -0.170. The van der Waals surface area contributed by atoms with Gasteiger partial charge in [0.25, 0.3) is 0 Å². The lowest BCUT2D eigenvalue weighted by Crippen LogP contribution is -2.36. The highest BCUT2D eigenvalue weighted by Crippen LogP contribution is 2.16. The van der Waals surface area contributed by atoms with Crippen molar-refractivity contribution in [3.63, 3.8) is 0 Å². The Morgan fingerprint density at radius 2 is 2.24 bits per heavy atom. The van der Waals surface area contributed by atoms with Crippen molar-refractivity contribution in [3.8, 4) is 0 Å². The van der Waals surface area contributed by atoms with Crippen molar-refractivity contribution in [2.45, 2.75) is 31.9 Å². The van der Waals surface area contributed by atoms with Gasteiger partial charge in [-0.2, -0.15) is 0 Å². The van der Waals surface area contributed by atoms with Crippen LogP contribution in [0.4, 0.5) is 0 Å². The molecular weight excluding hydrogens is 240 g/mol. The summed E-state index contributed by atoms with van der Waals surface area (Å²) in [5.74, 6) is 0.624. The smallest absolute Gasteiger partial charge is 0.151 e. The lowest BCUT2D eigenvalue weighted by Gasteiger charge is -2.25. The van der Waals surface area contributed by atoms with E-state index in [9.17, 15) is 8.42 Å². The fourth-order valence-electron chi connectivity index (χ4n) is 2.16. The first kappa shape index (κ1) is 14.9. The van der Waals surface area contributed by atoms with Crippen molar-refractivity contribution < 1.29 is 13.2 Å². The zero-order chi connectivity index (χ0) is 12.9. The van der Waals surface area contributed by atoms with Crippen LogP contribution in [0.3, 0.4) is 0 Å². The molecule has 0 saturated carbocycles. The minimum atomic E-state index is -2.79. The number of nitrogens with two attached hydrogens (primary N) is 1. The zero-order valence-electron chi connectivity index (χ0n) is 10.8. The van der Waals surface area contributed by atoms with E-state index in [0.717, 1.165) is 19.4 Å². The van der Waals surface area contributed by atoms with Crippen LogP contribution in [-0.4, -0.2) is 63.7 Å². The summed E-state index contributed by atoms with van der Waals surface area (Å²) in [4.78, 5) is 2.12. The summed E-state index contributed by atoms with van der Waals surface area (Å²) in [6.07, 6.45) is 1.69. The van der Waals surface area contributed by atoms with Gasteiger partial charge in [-0.15, -0.1) is 0 Å². The predicted molar refractivity (Wildman–Crippen MR) is 68.8 cm³/mol. The summed E-state index contributed by atoms with van der Waals surface area (Å²) in [6, 6.07) is 0.167. The van der Waals surface area contributed by atoms with Crippen LogP contribution in [0.5, 0.6) is 0 Å². The predicted octanol–water partition coefficient (Wildman–Crippen LogP) is -0.141. The van der Waals surface area contributed by atoms with Gasteiger partial charge in [-0.05, 0) is 26.8 Å². The Balaban J connectivity index is 2.32. The van der Waals surface area contributed by atoms with E-state index in [2.05, 4.69) is 4.90 Å². The van der Waals surface area contributed by atoms with Gasteiger partial charge < -0.3 is 15.4 Å². The topological polar surface area (TPSA) is 72.6 Å². The third kappa shape index (κ3) is 4.91. The van der Waals surface area contributed by atoms with E-state index < -0.39 is 9.84 Å². The maximum Gasteiger partial charge on any atom is 0.151 e. The number of hydrogen-bond donors (Lipinski definition) is 1. The first-order valence-corrected chi connectivity index (χ1v) is 8.03. The van der Waals surface area contributed by atoms with Crippen LogP contribution in [0.15, 0.2) is 0 Å². The molecule has 2 atom stereocenters. The molecule has 0 amide bonds. The summed E-state index contributed by atoms with van der Waals surface area (Å²) < 4.78 is 28.2. The average Bonchev–Trinajstić information content (AvgIpc) is 2.64. The van der Waals surface area contributed by atoms with Crippen molar-refractivity contribution in [1.29, 1.82) is 0 Å². The Morgan fingerprint density at radius 1 is 1.53 bits per heavy atom. The average molecular weight is 264 g/mol. The van der Waals surface area contributed by atoms with E-state index in [4.69, 9.17) is 10.5 Å². The Kier molecular flexibility index (Phi) is 5.85. The molecule has 0 aromatic carbocycles. The molecule has 0 bridgehead atoms. The molecule has 1 rings (SSSR count). The molecule has 6 heteroatoms. The molecule has 2 unspecified atom stereocenters. The SMILES string of the molecule is CCOC(CN)CCN(C)C1CCS(=O)(=O)C1. The van der Waals surface area contributed by atoms with Gasteiger partial charge in [-0.25, -0.2) is 8.42 Å². The lowest BCUT2D eigenvalue weighted by molar-refractivity contribution is 0.0538. The number of ether oxygens (including phenoxy) is 1. The van der Waals surface area contributed by atoms with E-state index in [1.54, 1.807) is 0 Å². The van der Waals surface area contributed by atoms with Crippen LogP contribution >= 0.6 is 0 Å². The summed E-state index contributed by atoms with van der Waals surface area (Å²) >= 11 is 0. The third-order valence-electron chi connectivity index (χ3n) is 3.30. The molecule has 5 nitrogen and oxygen atoms in total. The minimum absolute atomic E-state index is 0.0838. The zero-order valence-corrected chi connectivity index (χ0v) is 11.6. The Labute approximate surface area is 104 Å². The molecule has 0 radical (unpaired) electrons. The van der Waals surface area contributed by atoms with Gasteiger partial charge in [-0.1, -0.05) is 0 Å². The Morgan fingerprint density at radius 3 is 2.71 bits per heavy atom. The van der Waals surface area contributed by atoms with Crippen LogP contribution in [-0.2, 0) is 14.6 Å². The van der Waals surface area contributed by atoms with Crippen LogP contribution < -0.4 is 5.73 Å². The van der Waals surface area contributed by atoms with E-state index in [-0.39, 0.29) is 12.1 Å². The highest BCUT2D eigenvalue weighted by molar-refractivity contribution is 7.91. The van der Waals surface area contributed by atoms with Gasteiger partial charge in [0.05, 0.1) is 17.6 Å². The highest BCUT2D eigenvalue weighted by Gasteiger charge is 2.30. The molecule has 1 heterocycles. The van der Waals surface area contributed by atoms with Gasteiger partial charge in [-0.3, -0.25) is 0 Å². The van der Waals surface area contributed by atoms with Crippen LogP contribution in [0.1, 0.15) is 19.8 Å². The number of hydrogen-bond acceptors (Lipinski definition) is 5. The normalized spacial score (nSPS) is 25.3. The largest absolute Gasteiger partial charge is 0.377 e. The molecule has 0 aliphatic carbocycles. The molecular formula is C11H24N2O3S. The fraction of sp³-hybridized carbons (Fsp3) is 1.00. The second kappa shape index (κ2) is 6.68. The second-order valence-corrected chi connectivity index (χ2v) is 6.87. The molecule has 17 heavy (non-hydrogen) atoms. The number of nitrogens with zero attached hydrogens (tertiary/aromatic N) is 1. The summed E-state index contributed by atoms with van der Waals surface area (Å²) in [7, 11) is -0.815. The monoisotopic (exact) mass is 264 g/mol. The van der Waals surface area contributed by atoms with Gasteiger partial charge in [0.1, 0.15) is 0 Å². The highest BCUT2D eigenvalue weighted by atomic mass is 32.2. The van der Waals surface area contributed by atoms with Crippen molar-refractivity contribution in [3.05, 3.63) is 0 Å². The van der Waals surface area contributed by atoms with Crippen LogP contribution in [0, 0.1) is 0 Å². The fourth-order valence-corrected chi connectivity index (χ4v) is 3.96. The van der Waals surface area contributed by atoms with E-state index >= 15 is 0 Å². The summed E-state index contributed by atoms with van der Waals surface area (Å²) in [5.41, 5.74) is 5.60. The second-order valence-electron chi connectivity index (χ2n) is 4.64. The molecule has 1 fully saturated rings. The van der Waals surface area contributed by atoms with Crippen LogP contribution in [0.2, 0.25) is 0 Å². The molecule has 1 aliphatic heterocycles. The van der Waals surface area contributed by atoms with Crippen molar-refractivity contribution in [1.82, 2.24) is 4.90 Å². The number of rotatable bonds is 7. The van der Waals surface area contributed by atoms with E-state index in [1.165, 1.54) is 0 Å². The van der Waals surface area contributed by atoms with Crippen molar-refractivity contribution in [2.75, 3.05) is 38.2 Å². The van der Waals surface area contributed by atoms with Gasteiger partial charge in [0, 0.05) is 25.7 Å². The van der Waals surface area contributed by atoms with Gasteiger partial charge in [0.15, 0.2) is 9.84 Å². The lowest BCUT2D eigenvalue weighted by atomic mass is 10.2. The minimum Gasteiger partial charge on any atom is -0.377 e. The Bertz CT molecular complexity index is 319. The first-order chi connectivity index (χ1) is 7.98. The van der Waals surface area contributed by atoms with Gasteiger partial charge in [0.2, 0.25) is 0 Å². The standard InChI is InChI=1S/C11H24N2O3S/c1-3-16-11(8-12)4-6-13(2)10-5-7-17(14,15)9-10/h10-11H,3-9,12H2,1-2H3. The van der Waals surface area contributed by atoms with Crippen molar-refractivity contribution >= 4 is 9.84 Å². The third-order valence-corrected chi connectivity index (χ3v) is 5.05. The molecule has 2 N–H and O–H groups in total. The van der Waals surface area contributed by atoms with Crippen LogP contribution in [0.25, 0.3) is 0 Å². The maximum atomic E-state index is 11.4. The quantitative estimate of drug-likeness (QED) is 0.693. The summed E-state index contributed by atoms with van der Waals surface area (Å²) in [5, 5.41) is 0.